The zero-order chi connectivity index (χ0) is 16.3. The van der Waals surface area contributed by atoms with Crippen LogP contribution >= 0.6 is 0 Å². The lowest BCUT2D eigenvalue weighted by atomic mass is 9.85. The van der Waals surface area contributed by atoms with E-state index in [1.807, 2.05) is 6.07 Å². The number of hydrogen-bond donors (Lipinski definition) is 1. The molecule has 3 rings (SSSR count). The highest BCUT2D eigenvalue weighted by Crippen LogP contribution is 2.33. The molecule has 2 fully saturated rings. The Balaban J connectivity index is 1.68. The van der Waals surface area contributed by atoms with Crippen LogP contribution in [0.5, 0.6) is 0 Å². The fourth-order valence-corrected chi connectivity index (χ4v) is 3.58. The first kappa shape index (κ1) is 16.2. The number of amides is 1. The molecule has 0 aromatic heterocycles. The highest BCUT2D eigenvalue weighted by atomic mass is 19.1. The number of carbonyl (C=O) groups excluding carboxylic acids is 1. The monoisotopic (exact) mass is 321 g/mol. The normalized spacial score (nSPS) is 21.4. The van der Waals surface area contributed by atoms with Gasteiger partial charge >= 0.3 is 0 Å². The van der Waals surface area contributed by atoms with Crippen LogP contribution in [0, 0.1) is 5.82 Å². The smallest absolute Gasteiger partial charge is 0.233 e. The van der Waals surface area contributed by atoms with E-state index in [2.05, 4.69) is 15.1 Å². The fraction of sp³-hybridized carbons (Fsp3) is 0.588. The minimum absolute atomic E-state index is 0.0406. The third-order valence-corrected chi connectivity index (χ3v) is 5.03. The van der Waals surface area contributed by atoms with Crippen molar-refractivity contribution >= 4 is 11.6 Å². The topological polar surface area (TPSA) is 44.8 Å². The van der Waals surface area contributed by atoms with Gasteiger partial charge in [-0.05, 0) is 31.0 Å². The second kappa shape index (κ2) is 6.84. The standard InChI is InChI=1S/C17H24FN3O2/c1-19-16(22)12-21-9-10-23-13-17(21)5-7-20(8-6-17)15-4-2-3-14(18)11-15/h2-4,11H,5-10,12-13H2,1H3,(H,19,22). The molecular formula is C17H24FN3O2. The van der Waals surface area contributed by atoms with Gasteiger partial charge in [-0.1, -0.05) is 6.07 Å². The minimum atomic E-state index is -0.204. The Morgan fingerprint density at radius 2 is 2.13 bits per heavy atom. The van der Waals surface area contributed by atoms with Crippen molar-refractivity contribution in [2.24, 2.45) is 0 Å². The van der Waals surface area contributed by atoms with Gasteiger partial charge in [-0.15, -0.1) is 0 Å². The Morgan fingerprint density at radius 3 is 2.83 bits per heavy atom. The maximum Gasteiger partial charge on any atom is 0.233 e. The molecule has 0 atom stereocenters. The van der Waals surface area contributed by atoms with Gasteiger partial charge in [0.1, 0.15) is 5.82 Å². The van der Waals surface area contributed by atoms with Crippen molar-refractivity contribution in [3.63, 3.8) is 0 Å². The summed E-state index contributed by atoms with van der Waals surface area (Å²) in [5, 5.41) is 2.70. The second-order valence-corrected chi connectivity index (χ2v) is 6.34. The molecule has 1 amide bonds. The second-order valence-electron chi connectivity index (χ2n) is 6.34. The highest BCUT2D eigenvalue weighted by Gasteiger charge is 2.42. The summed E-state index contributed by atoms with van der Waals surface area (Å²) in [6, 6.07) is 6.74. The number of nitrogens with one attached hydrogen (secondary N) is 1. The molecule has 2 heterocycles. The number of piperidine rings is 1. The Hall–Kier alpha value is -1.66. The number of hydrogen-bond acceptors (Lipinski definition) is 4. The van der Waals surface area contributed by atoms with Crippen LogP contribution in [0.4, 0.5) is 10.1 Å². The number of nitrogens with zero attached hydrogens (tertiary/aromatic N) is 2. The van der Waals surface area contributed by atoms with E-state index in [0.717, 1.165) is 38.2 Å². The summed E-state index contributed by atoms with van der Waals surface area (Å²) in [6.45, 7) is 4.23. The van der Waals surface area contributed by atoms with Gasteiger partial charge in [-0.3, -0.25) is 9.69 Å². The lowest BCUT2D eigenvalue weighted by Gasteiger charge is -2.51. The minimum Gasteiger partial charge on any atom is -0.378 e. The van der Waals surface area contributed by atoms with E-state index in [9.17, 15) is 9.18 Å². The van der Waals surface area contributed by atoms with E-state index in [4.69, 9.17) is 4.74 Å². The first-order chi connectivity index (χ1) is 11.1. The number of benzene rings is 1. The molecule has 1 aromatic carbocycles. The number of likely N-dealkylation sites (N-methyl/N-ethyl adjacent to an activating group) is 1. The Bertz CT molecular complexity index is 559. The van der Waals surface area contributed by atoms with Crippen molar-refractivity contribution in [1.82, 2.24) is 10.2 Å². The van der Waals surface area contributed by atoms with Crippen LogP contribution in [0.25, 0.3) is 0 Å². The van der Waals surface area contributed by atoms with E-state index >= 15 is 0 Å². The quantitative estimate of drug-likeness (QED) is 0.910. The van der Waals surface area contributed by atoms with Crippen LogP contribution in [0.1, 0.15) is 12.8 Å². The van der Waals surface area contributed by atoms with E-state index in [0.29, 0.717) is 19.8 Å². The molecule has 6 heteroatoms. The molecule has 126 valence electrons. The SMILES string of the molecule is CNC(=O)CN1CCOCC12CCN(c1cccc(F)c1)CC2. The average molecular weight is 321 g/mol. The van der Waals surface area contributed by atoms with Gasteiger partial charge in [0.25, 0.3) is 0 Å². The summed E-state index contributed by atoms with van der Waals surface area (Å²) in [5.41, 5.74) is 0.851. The lowest BCUT2D eigenvalue weighted by Crippen LogP contribution is -2.63. The number of morpholine rings is 1. The van der Waals surface area contributed by atoms with Crippen molar-refractivity contribution < 1.29 is 13.9 Å². The number of rotatable bonds is 3. The van der Waals surface area contributed by atoms with Gasteiger partial charge in [-0.2, -0.15) is 0 Å². The maximum absolute atomic E-state index is 13.4. The molecule has 23 heavy (non-hydrogen) atoms. The molecule has 5 nitrogen and oxygen atoms in total. The lowest BCUT2D eigenvalue weighted by molar-refractivity contribution is -0.129. The van der Waals surface area contributed by atoms with Gasteiger partial charge in [0.05, 0.1) is 19.8 Å². The van der Waals surface area contributed by atoms with Crippen molar-refractivity contribution in [2.45, 2.75) is 18.4 Å². The number of halogens is 1. The van der Waals surface area contributed by atoms with Crippen LogP contribution in [-0.4, -0.2) is 62.8 Å². The summed E-state index contributed by atoms with van der Waals surface area (Å²) in [7, 11) is 1.67. The Labute approximate surface area is 136 Å². The van der Waals surface area contributed by atoms with Crippen molar-refractivity contribution in [3.8, 4) is 0 Å². The van der Waals surface area contributed by atoms with Gasteiger partial charge < -0.3 is 15.0 Å². The zero-order valence-corrected chi connectivity index (χ0v) is 13.6. The molecule has 2 aliphatic rings. The molecule has 0 aliphatic carbocycles. The summed E-state index contributed by atoms with van der Waals surface area (Å²) in [5.74, 6) is -0.163. The third-order valence-electron chi connectivity index (χ3n) is 5.03. The Kier molecular flexibility index (Phi) is 4.82. The number of anilines is 1. The molecule has 1 spiro atoms. The predicted octanol–water partition coefficient (Wildman–Crippen LogP) is 1.24. The van der Waals surface area contributed by atoms with E-state index in [1.165, 1.54) is 6.07 Å². The summed E-state index contributed by atoms with van der Waals surface area (Å²) < 4.78 is 19.1. The van der Waals surface area contributed by atoms with Crippen LogP contribution in [-0.2, 0) is 9.53 Å². The molecule has 0 radical (unpaired) electrons. The Morgan fingerprint density at radius 1 is 1.35 bits per heavy atom. The van der Waals surface area contributed by atoms with Crippen LogP contribution in [0.3, 0.4) is 0 Å². The molecule has 0 bridgehead atoms. The van der Waals surface area contributed by atoms with Crippen LogP contribution < -0.4 is 10.2 Å². The summed E-state index contributed by atoms with van der Waals surface area (Å²) >= 11 is 0. The van der Waals surface area contributed by atoms with E-state index in [1.54, 1.807) is 19.2 Å². The van der Waals surface area contributed by atoms with Gasteiger partial charge in [0, 0.05) is 37.9 Å². The maximum atomic E-state index is 13.4. The molecular weight excluding hydrogens is 297 g/mol. The molecule has 2 aliphatic heterocycles. The molecule has 1 N–H and O–H groups in total. The predicted molar refractivity (Wildman–Crippen MR) is 87.0 cm³/mol. The van der Waals surface area contributed by atoms with Crippen molar-refractivity contribution in [2.75, 3.05) is 51.3 Å². The zero-order valence-electron chi connectivity index (χ0n) is 13.6. The van der Waals surface area contributed by atoms with Crippen molar-refractivity contribution in [3.05, 3.63) is 30.1 Å². The van der Waals surface area contributed by atoms with E-state index < -0.39 is 0 Å². The number of carbonyl (C=O) groups is 1. The van der Waals surface area contributed by atoms with Crippen molar-refractivity contribution in [1.29, 1.82) is 0 Å². The first-order valence-electron chi connectivity index (χ1n) is 8.17. The van der Waals surface area contributed by atoms with Gasteiger partial charge in [-0.25, -0.2) is 4.39 Å². The fourth-order valence-electron chi connectivity index (χ4n) is 3.58. The molecule has 0 saturated carbocycles. The summed E-state index contributed by atoms with van der Waals surface area (Å²) in [4.78, 5) is 16.3. The average Bonchev–Trinajstić information content (AvgIpc) is 2.57. The molecule has 0 unspecified atom stereocenters. The van der Waals surface area contributed by atoms with E-state index in [-0.39, 0.29) is 17.3 Å². The van der Waals surface area contributed by atoms with Crippen LogP contribution in [0.15, 0.2) is 24.3 Å². The summed E-state index contributed by atoms with van der Waals surface area (Å²) in [6.07, 6.45) is 1.83. The number of ether oxygens (including phenoxy) is 1. The van der Waals surface area contributed by atoms with Gasteiger partial charge in [0.15, 0.2) is 0 Å². The third kappa shape index (κ3) is 3.48. The van der Waals surface area contributed by atoms with Gasteiger partial charge in [0.2, 0.25) is 5.91 Å². The first-order valence-corrected chi connectivity index (χ1v) is 8.17. The molecule has 2 saturated heterocycles. The molecule has 1 aromatic rings. The van der Waals surface area contributed by atoms with Crippen LogP contribution in [0.2, 0.25) is 0 Å². The highest BCUT2D eigenvalue weighted by molar-refractivity contribution is 5.77. The largest absolute Gasteiger partial charge is 0.378 e.